The van der Waals surface area contributed by atoms with Crippen molar-refractivity contribution in [3.05, 3.63) is 71.8 Å². The Balaban J connectivity index is 2.26. The molecule has 0 aliphatic heterocycles. The molecule has 0 saturated carbocycles. The quantitative estimate of drug-likeness (QED) is 0.194. The summed E-state index contributed by atoms with van der Waals surface area (Å²) in [6.45, 7) is -0.638. The second-order valence-corrected chi connectivity index (χ2v) is 7.37. The van der Waals surface area contributed by atoms with Crippen molar-refractivity contribution < 1.29 is 48.0 Å². The summed E-state index contributed by atoms with van der Waals surface area (Å²) in [5.74, 6) is -6.60. The fraction of sp³-hybridized carbons (Fsp3) is 0.320. The van der Waals surface area contributed by atoms with Gasteiger partial charge in [-0.2, -0.15) is 0 Å². The summed E-state index contributed by atoms with van der Waals surface area (Å²) in [6.07, 6.45) is -0.315. The number of carboxylic acids is 1. The molecule has 0 amide bonds. The number of esters is 4. The van der Waals surface area contributed by atoms with Crippen molar-refractivity contribution in [2.24, 2.45) is 0 Å². The van der Waals surface area contributed by atoms with Crippen LogP contribution in [-0.2, 0) is 56.1 Å². The molecule has 1 N–H and O–H groups in total. The predicted octanol–water partition coefficient (Wildman–Crippen LogP) is 2.57. The van der Waals surface area contributed by atoms with Gasteiger partial charge in [0.1, 0.15) is 13.2 Å². The van der Waals surface area contributed by atoms with Crippen LogP contribution in [0.3, 0.4) is 0 Å². The lowest BCUT2D eigenvalue weighted by Crippen LogP contribution is -2.58. The van der Waals surface area contributed by atoms with E-state index in [-0.39, 0.29) is 38.9 Å². The van der Waals surface area contributed by atoms with Gasteiger partial charge >= 0.3 is 35.4 Å². The average molecular weight is 486 g/mol. The van der Waals surface area contributed by atoms with Gasteiger partial charge < -0.3 is 24.1 Å². The van der Waals surface area contributed by atoms with Crippen molar-refractivity contribution in [2.45, 2.75) is 44.5 Å². The van der Waals surface area contributed by atoms with Crippen LogP contribution in [0, 0.1) is 0 Å². The molecule has 2 rings (SSSR count). The summed E-state index contributed by atoms with van der Waals surface area (Å²) in [7, 11) is 0.909. The van der Waals surface area contributed by atoms with E-state index in [4.69, 9.17) is 19.3 Å². The first-order valence-corrected chi connectivity index (χ1v) is 10.7. The number of hydrogen-bond acceptors (Lipinski definition) is 9. The van der Waals surface area contributed by atoms with Gasteiger partial charge in [-0.25, -0.2) is 14.4 Å². The molecule has 0 spiro atoms. The van der Waals surface area contributed by atoms with Crippen LogP contribution in [0.2, 0.25) is 0 Å². The fourth-order valence-corrected chi connectivity index (χ4v) is 2.94. The Morgan fingerprint density at radius 1 is 0.714 bits per heavy atom. The fourth-order valence-electron chi connectivity index (χ4n) is 2.94. The maximum Gasteiger partial charge on any atom is 0.400 e. The number of carboxylic acid groups (broad SMARTS) is 1. The van der Waals surface area contributed by atoms with E-state index in [2.05, 4.69) is 4.74 Å². The molecule has 0 aliphatic carbocycles. The van der Waals surface area contributed by atoms with E-state index in [0.29, 0.717) is 11.1 Å². The summed E-state index contributed by atoms with van der Waals surface area (Å²) in [5.41, 5.74) is -2.04. The van der Waals surface area contributed by atoms with Gasteiger partial charge in [-0.3, -0.25) is 9.59 Å². The summed E-state index contributed by atoms with van der Waals surface area (Å²) in [6, 6.07) is 16.9. The molecular formula is C25H26O10. The lowest BCUT2D eigenvalue weighted by atomic mass is 10.0. The number of rotatable bonds is 13. The molecule has 2 aromatic carbocycles. The van der Waals surface area contributed by atoms with Gasteiger partial charge in [-0.1, -0.05) is 60.7 Å². The molecule has 2 aromatic rings. The van der Waals surface area contributed by atoms with Crippen LogP contribution >= 0.6 is 0 Å². The second kappa shape index (κ2) is 13.5. The molecule has 0 atom stereocenters. The van der Waals surface area contributed by atoms with Crippen molar-refractivity contribution in [1.82, 2.24) is 0 Å². The van der Waals surface area contributed by atoms with Crippen molar-refractivity contribution in [2.75, 3.05) is 7.11 Å². The van der Waals surface area contributed by atoms with E-state index < -0.39 is 35.4 Å². The normalized spacial score (nSPS) is 10.7. The second-order valence-electron chi connectivity index (χ2n) is 7.37. The molecule has 186 valence electrons. The minimum absolute atomic E-state index is 0.0838. The van der Waals surface area contributed by atoms with Gasteiger partial charge in [0.25, 0.3) is 0 Å². The molecule has 0 heterocycles. The molecule has 0 fully saturated rings. The molecule has 10 heteroatoms. The Morgan fingerprint density at radius 2 is 1.17 bits per heavy atom. The van der Waals surface area contributed by atoms with Crippen LogP contribution < -0.4 is 0 Å². The Kier molecular flexibility index (Phi) is 10.4. The zero-order valence-corrected chi connectivity index (χ0v) is 19.1. The van der Waals surface area contributed by atoms with E-state index in [1.54, 1.807) is 60.7 Å². The van der Waals surface area contributed by atoms with E-state index >= 15 is 0 Å². The third-order valence-electron chi connectivity index (χ3n) is 4.76. The molecule has 0 aromatic heterocycles. The smallest absolute Gasteiger partial charge is 0.400 e. The first-order valence-electron chi connectivity index (χ1n) is 10.7. The van der Waals surface area contributed by atoms with Gasteiger partial charge in [0.05, 0.1) is 7.11 Å². The average Bonchev–Trinajstić information content (AvgIpc) is 2.87. The Hall–Kier alpha value is -4.21. The standard InChI is InChI=1S/C25H26O10/c1-32-22(29)25(35-21(28)15-9-8-14-20(26)27,23(30)33-16-18-10-4-2-5-11-18)24(31)34-17-19-12-6-3-7-13-19/h2-7,10-13H,8-9,14-17H2,1H3,(H,26,27). The lowest BCUT2D eigenvalue weighted by molar-refractivity contribution is -0.206. The lowest BCUT2D eigenvalue weighted by Gasteiger charge is -2.26. The third-order valence-corrected chi connectivity index (χ3v) is 4.76. The monoisotopic (exact) mass is 486 g/mol. The SMILES string of the molecule is COC(=O)C(OC(=O)CCCCC(=O)O)(C(=O)OCc1ccccc1)C(=O)OCc1ccccc1. The summed E-state index contributed by atoms with van der Waals surface area (Å²) < 4.78 is 20.0. The third kappa shape index (κ3) is 7.95. The van der Waals surface area contributed by atoms with Crippen molar-refractivity contribution >= 4 is 29.8 Å². The van der Waals surface area contributed by atoms with Crippen LogP contribution in [-0.4, -0.2) is 47.7 Å². The first-order chi connectivity index (χ1) is 16.8. The minimum atomic E-state index is -3.15. The van der Waals surface area contributed by atoms with Crippen LogP contribution in [0.5, 0.6) is 0 Å². The Labute approximate surface area is 201 Å². The molecule has 0 bridgehead atoms. The molecule has 0 saturated heterocycles. The Morgan fingerprint density at radius 3 is 1.60 bits per heavy atom. The number of aliphatic carboxylic acids is 1. The number of hydrogen-bond donors (Lipinski definition) is 1. The van der Waals surface area contributed by atoms with Crippen molar-refractivity contribution in [3.63, 3.8) is 0 Å². The highest BCUT2D eigenvalue weighted by Gasteiger charge is 2.61. The predicted molar refractivity (Wildman–Crippen MR) is 119 cm³/mol. The summed E-state index contributed by atoms with van der Waals surface area (Å²) in [5, 5.41) is 8.72. The van der Waals surface area contributed by atoms with Gasteiger partial charge in [0.2, 0.25) is 0 Å². The van der Waals surface area contributed by atoms with E-state index in [0.717, 1.165) is 7.11 Å². The van der Waals surface area contributed by atoms with Gasteiger partial charge in [-0.05, 0) is 24.0 Å². The van der Waals surface area contributed by atoms with E-state index in [1.165, 1.54) is 0 Å². The largest absolute Gasteiger partial charge is 0.481 e. The number of methoxy groups -OCH3 is 1. The maximum absolute atomic E-state index is 13.1. The zero-order chi connectivity index (χ0) is 25.7. The van der Waals surface area contributed by atoms with Crippen molar-refractivity contribution in [1.29, 1.82) is 0 Å². The van der Waals surface area contributed by atoms with Gasteiger partial charge in [-0.15, -0.1) is 0 Å². The van der Waals surface area contributed by atoms with Gasteiger partial charge in [0.15, 0.2) is 0 Å². The highest BCUT2D eigenvalue weighted by molar-refractivity contribution is 6.23. The first kappa shape index (κ1) is 27.0. The maximum atomic E-state index is 13.1. The molecule has 10 nitrogen and oxygen atoms in total. The van der Waals surface area contributed by atoms with Crippen LogP contribution in [0.4, 0.5) is 0 Å². The Bertz CT molecular complexity index is 962. The van der Waals surface area contributed by atoms with Gasteiger partial charge in [0, 0.05) is 12.8 Å². The summed E-state index contributed by atoms with van der Waals surface area (Å²) >= 11 is 0. The minimum Gasteiger partial charge on any atom is -0.481 e. The number of carbonyl (C=O) groups is 5. The zero-order valence-electron chi connectivity index (χ0n) is 19.1. The van der Waals surface area contributed by atoms with Crippen LogP contribution in [0.15, 0.2) is 60.7 Å². The topological polar surface area (TPSA) is 142 Å². The number of ether oxygens (including phenoxy) is 4. The molecule has 35 heavy (non-hydrogen) atoms. The number of carbonyl (C=O) groups excluding carboxylic acids is 4. The highest BCUT2D eigenvalue weighted by Crippen LogP contribution is 2.22. The molecular weight excluding hydrogens is 460 g/mol. The van der Waals surface area contributed by atoms with E-state index in [1.807, 2.05) is 0 Å². The van der Waals surface area contributed by atoms with Crippen LogP contribution in [0.25, 0.3) is 0 Å². The molecule has 0 aliphatic rings. The highest BCUT2D eigenvalue weighted by atomic mass is 16.7. The van der Waals surface area contributed by atoms with Crippen molar-refractivity contribution in [3.8, 4) is 0 Å². The van der Waals surface area contributed by atoms with Crippen LogP contribution in [0.1, 0.15) is 36.8 Å². The molecule has 0 unspecified atom stereocenters. The number of benzene rings is 2. The molecule has 0 radical (unpaired) electrons. The van der Waals surface area contributed by atoms with E-state index in [9.17, 15) is 24.0 Å². The summed E-state index contributed by atoms with van der Waals surface area (Å²) in [4.78, 5) is 62.0. The number of unbranched alkanes of at least 4 members (excludes halogenated alkanes) is 1.